The predicted molar refractivity (Wildman–Crippen MR) is 84.5 cm³/mol. The highest BCUT2D eigenvalue weighted by atomic mass is 14.6. The summed E-state index contributed by atoms with van der Waals surface area (Å²) in [5.74, 6) is 0.811. The first kappa shape index (κ1) is 12.0. The molecule has 1 spiro atoms. The Hall–Kier alpha value is -1.82. The molecule has 0 radical (unpaired) electrons. The minimum Gasteiger partial charge on any atom is -0.0690 e. The first-order valence-electron chi connectivity index (χ1n) is 7.65. The molecule has 0 heteroatoms. The topological polar surface area (TPSA) is 0 Å². The molecule has 100 valence electrons. The Bertz CT molecular complexity index is 624. The second-order valence-corrected chi connectivity index (χ2v) is 6.42. The molecule has 2 aliphatic rings. The molecule has 0 aliphatic heterocycles. The van der Waals surface area contributed by atoms with E-state index in [1.54, 1.807) is 11.1 Å². The Kier molecular flexibility index (Phi) is 2.77. The van der Waals surface area contributed by atoms with Crippen molar-refractivity contribution < 1.29 is 0 Å². The van der Waals surface area contributed by atoms with Gasteiger partial charge in [-0.15, -0.1) is 0 Å². The van der Waals surface area contributed by atoms with Crippen molar-refractivity contribution in [3.63, 3.8) is 0 Å². The molecule has 2 aliphatic carbocycles. The average molecular weight is 260 g/mol. The largest absolute Gasteiger partial charge is 0.0690 e. The highest BCUT2D eigenvalue weighted by Crippen LogP contribution is 2.68. The van der Waals surface area contributed by atoms with Crippen molar-refractivity contribution in [2.45, 2.75) is 31.6 Å². The van der Waals surface area contributed by atoms with Gasteiger partial charge in [-0.3, -0.25) is 0 Å². The molecule has 20 heavy (non-hydrogen) atoms. The molecule has 0 heterocycles. The van der Waals surface area contributed by atoms with Crippen molar-refractivity contribution in [3.8, 4) is 0 Å². The van der Waals surface area contributed by atoms with Gasteiger partial charge in [0.25, 0.3) is 0 Å². The van der Waals surface area contributed by atoms with Gasteiger partial charge in [0.2, 0.25) is 0 Å². The minimum absolute atomic E-state index is 0.599. The van der Waals surface area contributed by atoms with Crippen LogP contribution in [0.1, 0.15) is 42.7 Å². The smallest absolute Gasteiger partial charge is 0.00963 e. The van der Waals surface area contributed by atoms with Gasteiger partial charge in [0, 0.05) is 0 Å². The molecule has 2 aromatic rings. The predicted octanol–water partition coefficient (Wildman–Crippen LogP) is 5.43. The first-order valence-corrected chi connectivity index (χ1v) is 7.65. The fourth-order valence-corrected chi connectivity index (χ4v) is 3.92. The van der Waals surface area contributed by atoms with Gasteiger partial charge in [0.05, 0.1) is 0 Å². The molecule has 2 unspecified atom stereocenters. The van der Waals surface area contributed by atoms with E-state index in [0.29, 0.717) is 5.41 Å². The van der Waals surface area contributed by atoms with Crippen LogP contribution in [0.25, 0.3) is 6.08 Å². The summed E-state index contributed by atoms with van der Waals surface area (Å²) in [5.41, 5.74) is 5.15. The maximum Gasteiger partial charge on any atom is -0.00963 e. The Morgan fingerprint density at radius 3 is 2.35 bits per heavy atom. The zero-order valence-corrected chi connectivity index (χ0v) is 11.8. The summed E-state index contributed by atoms with van der Waals surface area (Å²) in [6.07, 6.45) is 7.78. The van der Waals surface area contributed by atoms with Crippen molar-refractivity contribution >= 4 is 6.08 Å². The van der Waals surface area contributed by atoms with Crippen LogP contribution in [0.3, 0.4) is 0 Å². The molecule has 0 N–H and O–H groups in total. The van der Waals surface area contributed by atoms with E-state index in [0.717, 1.165) is 5.92 Å². The summed E-state index contributed by atoms with van der Waals surface area (Å²) in [6, 6.07) is 21.8. The summed E-state index contributed by atoms with van der Waals surface area (Å²) >= 11 is 0. The summed E-state index contributed by atoms with van der Waals surface area (Å²) in [4.78, 5) is 0. The van der Waals surface area contributed by atoms with E-state index < -0.39 is 0 Å². The van der Waals surface area contributed by atoms with E-state index in [-0.39, 0.29) is 0 Å². The third kappa shape index (κ3) is 2.10. The fourth-order valence-electron chi connectivity index (χ4n) is 3.92. The van der Waals surface area contributed by atoms with Gasteiger partial charge in [0.15, 0.2) is 0 Å². The van der Waals surface area contributed by atoms with E-state index in [1.165, 1.54) is 31.2 Å². The van der Waals surface area contributed by atoms with E-state index in [1.807, 2.05) is 0 Å². The van der Waals surface area contributed by atoms with Gasteiger partial charge in [0.1, 0.15) is 0 Å². The molecule has 0 aromatic heterocycles. The van der Waals surface area contributed by atoms with Gasteiger partial charge in [-0.1, -0.05) is 72.3 Å². The standard InChI is InChI=1S/C20H20/c1-3-7-16(8-4-1)13-17-11-12-20(14-17)15-19(20)18-9-5-2-6-10-18/h1-10,13,19H,11-12,14-15H2/b17-13-. The minimum atomic E-state index is 0.599. The lowest BCUT2D eigenvalue weighted by molar-refractivity contribution is 0.521. The maximum atomic E-state index is 2.41. The lowest BCUT2D eigenvalue weighted by atomic mass is 9.97. The van der Waals surface area contributed by atoms with Gasteiger partial charge in [-0.05, 0) is 48.1 Å². The van der Waals surface area contributed by atoms with Gasteiger partial charge >= 0.3 is 0 Å². The maximum absolute atomic E-state index is 2.41. The summed E-state index contributed by atoms with van der Waals surface area (Å²) in [7, 11) is 0. The van der Waals surface area contributed by atoms with E-state index >= 15 is 0 Å². The van der Waals surface area contributed by atoms with Crippen molar-refractivity contribution in [2.24, 2.45) is 5.41 Å². The SMILES string of the molecule is C(=C1\CCC2(C1)CC2c1ccccc1)/c1ccccc1. The third-order valence-corrected chi connectivity index (χ3v) is 5.09. The molecule has 2 saturated carbocycles. The molecule has 2 atom stereocenters. The Morgan fingerprint density at radius 2 is 1.60 bits per heavy atom. The van der Waals surface area contributed by atoms with Crippen molar-refractivity contribution in [2.75, 3.05) is 0 Å². The molecule has 0 bridgehead atoms. The number of allylic oxidation sites excluding steroid dienone is 1. The van der Waals surface area contributed by atoms with Crippen molar-refractivity contribution in [3.05, 3.63) is 77.4 Å². The normalized spacial score (nSPS) is 30.0. The number of hydrogen-bond donors (Lipinski definition) is 0. The highest BCUT2D eigenvalue weighted by molar-refractivity contribution is 5.54. The quantitative estimate of drug-likeness (QED) is 0.675. The van der Waals surface area contributed by atoms with E-state index in [9.17, 15) is 0 Å². The van der Waals surface area contributed by atoms with Gasteiger partial charge in [-0.2, -0.15) is 0 Å². The molecule has 4 rings (SSSR count). The Balaban J connectivity index is 1.51. The zero-order valence-electron chi connectivity index (χ0n) is 11.8. The van der Waals surface area contributed by atoms with Crippen LogP contribution in [-0.4, -0.2) is 0 Å². The molecule has 0 nitrogen and oxygen atoms in total. The van der Waals surface area contributed by atoms with Crippen molar-refractivity contribution in [1.29, 1.82) is 0 Å². The van der Waals surface area contributed by atoms with Gasteiger partial charge in [-0.25, -0.2) is 0 Å². The van der Waals surface area contributed by atoms with E-state index in [4.69, 9.17) is 0 Å². The molecular formula is C20H20. The van der Waals surface area contributed by atoms with Crippen LogP contribution in [0, 0.1) is 5.41 Å². The monoisotopic (exact) mass is 260 g/mol. The lowest BCUT2D eigenvalue weighted by Gasteiger charge is -2.07. The Labute approximate surface area is 121 Å². The second kappa shape index (κ2) is 4.63. The zero-order chi connectivity index (χ0) is 13.4. The number of hydrogen-bond acceptors (Lipinski definition) is 0. The second-order valence-electron chi connectivity index (χ2n) is 6.42. The molecule has 0 amide bonds. The molecule has 2 aromatic carbocycles. The number of rotatable bonds is 2. The van der Waals surface area contributed by atoms with E-state index in [2.05, 4.69) is 66.7 Å². The molecular weight excluding hydrogens is 240 g/mol. The van der Waals surface area contributed by atoms with Crippen LogP contribution in [0.4, 0.5) is 0 Å². The fraction of sp³-hybridized carbons (Fsp3) is 0.300. The first-order chi connectivity index (χ1) is 9.86. The summed E-state index contributed by atoms with van der Waals surface area (Å²) in [5, 5.41) is 0. The van der Waals surface area contributed by atoms with Crippen LogP contribution < -0.4 is 0 Å². The summed E-state index contributed by atoms with van der Waals surface area (Å²) < 4.78 is 0. The van der Waals surface area contributed by atoms with Crippen LogP contribution >= 0.6 is 0 Å². The summed E-state index contributed by atoms with van der Waals surface area (Å²) in [6.45, 7) is 0. The van der Waals surface area contributed by atoms with Crippen LogP contribution in [0.15, 0.2) is 66.2 Å². The van der Waals surface area contributed by atoms with Crippen LogP contribution in [-0.2, 0) is 0 Å². The third-order valence-electron chi connectivity index (χ3n) is 5.09. The average Bonchev–Trinajstić information content (AvgIpc) is 3.06. The Morgan fingerprint density at radius 1 is 0.900 bits per heavy atom. The van der Waals surface area contributed by atoms with Gasteiger partial charge < -0.3 is 0 Å². The van der Waals surface area contributed by atoms with Crippen molar-refractivity contribution in [1.82, 2.24) is 0 Å². The highest BCUT2D eigenvalue weighted by Gasteiger charge is 2.56. The molecule has 0 saturated heterocycles. The number of benzene rings is 2. The molecule has 2 fully saturated rings. The van der Waals surface area contributed by atoms with Crippen LogP contribution in [0.2, 0.25) is 0 Å². The lowest BCUT2D eigenvalue weighted by Crippen LogP contribution is -1.95. The van der Waals surface area contributed by atoms with Crippen LogP contribution in [0.5, 0.6) is 0 Å².